The lowest BCUT2D eigenvalue weighted by Gasteiger charge is -2.44. The first-order valence-corrected chi connectivity index (χ1v) is 9.07. The lowest BCUT2D eigenvalue weighted by Crippen LogP contribution is -2.52. The van der Waals surface area contributed by atoms with E-state index in [9.17, 15) is 9.59 Å². The van der Waals surface area contributed by atoms with Crippen LogP contribution in [-0.2, 0) is 9.53 Å². The zero-order valence-electron chi connectivity index (χ0n) is 15.1. The Hall–Kier alpha value is -1.95. The molecular formula is C19H27N3O3. The highest BCUT2D eigenvalue weighted by atomic mass is 16.5. The predicted octanol–water partition coefficient (Wildman–Crippen LogP) is 2.07. The number of likely N-dealkylation sites (tertiary alicyclic amines) is 1. The van der Waals surface area contributed by atoms with E-state index in [0.29, 0.717) is 25.1 Å². The third-order valence-corrected chi connectivity index (χ3v) is 5.62. The molecule has 25 heavy (non-hydrogen) atoms. The van der Waals surface area contributed by atoms with E-state index in [0.717, 1.165) is 37.8 Å². The van der Waals surface area contributed by atoms with Crippen molar-refractivity contribution in [1.82, 2.24) is 15.2 Å². The van der Waals surface area contributed by atoms with Crippen LogP contribution in [0.1, 0.15) is 54.6 Å². The molecule has 2 aliphatic rings. The molecule has 6 heteroatoms. The number of aryl methyl sites for hydroxylation is 1. The van der Waals surface area contributed by atoms with E-state index in [1.807, 2.05) is 24.0 Å². The smallest absolute Gasteiger partial charge is 0.253 e. The van der Waals surface area contributed by atoms with Gasteiger partial charge in [0.05, 0.1) is 12.2 Å². The van der Waals surface area contributed by atoms with Crippen molar-refractivity contribution in [2.24, 2.45) is 0 Å². The number of hydrogen-bond acceptors (Lipinski definition) is 4. The number of amides is 2. The van der Waals surface area contributed by atoms with Crippen LogP contribution in [0.2, 0.25) is 0 Å². The molecule has 2 fully saturated rings. The summed E-state index contributed by atoms with van der Waals surface area (Å²) in [6.07, 6.45) is 6.88. The molecule has 0 atom stereocenters. The lowest BCUT2D eigenvalue weighted by molar-refractivity contribution is -0.133. The molecule has 2 heterocycles. The van der Waals surface area contributed by atoms with Gasteiger partial charge in [0.15, 0.2) is 0 Å². The van der Waals surface area contributed by atoms with Gasteiger partial charge < -0.3 is 15.0 Å². The maximum atomic E-state index is 12.4. The topological polar surface area (TPSA) is 71.5 Å². The highest BCUT2D eigenvalue weighted by molar-refractivity contribution is 5.94. The van der Waals surface area contributed by atoms with Crippen LogP contribution >= 0.6 is 0 Å². The van der Waals surface area contributed by atoms with Crippen LogP contribution in [-0.4, -0.2) is 53.5 Å². The number of ether oxygens (including phenoxy) is 1. The van der Waals surface area contributed by atoms with Crippen LogP contribution in [0.15, 0.2) is 18.3 Å². The maximum absolute atomic E-state index is 12.4. The summed E-state index contributed by atoms with van der Waals surface area (Å²) in [5, 5.41) is 3.12. The fraction of sp³-hybridized carbons (Fsp3) is 0.632. The summed E-state index contributed by atoms with van der Waals surface area (Å²) < 4.78 is 5.16. The summed E-state index contributed by atoms with van der Waals surface area (Å²) in [5.41, 5.74) is 1.48. The van der Waals surface area contributed by atoms with E-state index in [4.69, 9.17) is 4.74 Å². The molecule has 0 aromatic carbocycles. The van der Waals surface area contributed by atoms with Crippen molar-refractivity contribution in [2.45, 2.75) is 57.0 Å². The number of nitrogens with one attached hydrogen (secondary N) is 1. The Morgan fingerprint density at radius 3 is 2.76 bits per heavy atom. The summed E-state index contributed by atoms with van der Waals surface area (Å²) in [6.45, 7) is 3.15. The van der Waals surface area contributed by atoms with Gasteiger partial charge in [0.2, 0.25) is 5.91 Å². The molecule has 1 N–H and O–H groups in total. The van der Waals surface area contributed by atoms with Crippen molar-refractivity contribution in [2.75, 3.05) is 20.3 Å². The third-order valence-electron chi connectivity index (χ3n) is 5.62. The Morgan fingerprint density at radius 2 is 2.12 bits per heavy atom. The first kappa shape index (κ1) is 17.9. The highest BCUT2D eigenvalue weighted by Crippen LogP contribution is 2.42. The monoisotopic (exact) mass is 345 g/mol. The number of methoxy groups -OCH3 is 1. The van der Waals surface area contributed by atoms with Gasteiger partial charge in [0, 0.05) is 43.5 Å². The van der Waals surface area contributed by atoms with Crippen LogP contribution in [0.4, 0.5) is 0 Å². The quantitative estimate of drug-likeness (QED) is 0.887. The van der Waals surface area contributed by atoms with Crippen molar-refractivity contribution >= 4 is 11.8 Å². The van der Waals surface area contributed by atoms with E-state index in [1.54, 1.807) is 13.3 Å². The van der Waals surface area contributed by atoms with E-state index in [2.05, 4.69) is 10.3 Å². The van der Waals surface area contributed by atoms with Gasteiger partial charge in [-0.15, -0.1) is 0 Å². The van der Waals surface area contributed by atoms with Crippen LogP contribution in [0.5, 0.6) is 0 Å². The molecule has 1 saturated heterocycles. The molecule has 1 aliphatic heterocycles. The minimum atomic E-state index is -0.0628. The fourth-order valence-corrected chi connectivity index (χ4v) is 4.11. The summed E-state index contributed by atoms with van der Waals surface area (Å²) >= 11 is 0. The molecule has 1 spiro atoms. The van der Waals surface area contributed by atoms with E-state index >= 15 is 0 Å². The van der Waals surface area contributed by atoms with Crippen LogP contribution in [0.3, 0.4) is 0 Å². The Balaban J connectivity index is 1.57. The largest absolute Gasteiger partial charge is 0.383 e. The van der Waals surface area contributed by atoms with Crippen molar-refractivity contribution in [3.8, 4) is 0 Å². The van der Waals surface area contributed by atoms with Crippen LogP contribution in [0, 0.1) is 6.92 Å². The first-order valence-electron chi connectivity index (χ1n) is 9.07. The van der Waals surface area contributed by atoms with Crippen molar-refractivity contribution < 1.29 is 14.3 Å². The van der Waals surface area contributed by atoms with Crippen LogP contribution in [0.25, 0.3) is 0 Å². The molecule has 1 aromatic heterocycles. The molecule has 0 unspecified atom stereocenters. The number of rotatable bonds is 5. The molecule has 0 bridgehead atoms. The molecular weight excluding hydrogens is 318 g/mol. The molecule has 136 valence electrons. The van der Waals surface area contributed by atoms with Crippen molar-refractivity contribution in [3.05, 3.63) is 29.6 Å². The lowest BCUT2D eigenvalue weighted by atomic mass is 9.77. The molecule has 1 saturated carbocycles. The van der Waals surface area contributed by atoms with Gasteiger partial charge in [0.1, 0.15) is 0 Å². The molecule has 0 radical (unpaired) electrons. The Morgan fingerprint density at radius 1 is 1.36 bits per heavy atom. The second-order valence-corrected chi connectivity index (χ2v) is 7.20. The highest BCUT2D eigenvalue weighted by Gasteiger charge is 2.46. The van der Waals surface area contributed by atoms with E-state index in [1.165, 1.54) is 0 Å². The van der Waals surface area contributed by atoms with Crippen molar-refractivity contribution in [3.63, 3.8) is 0 Å². The van der Waals surface area contributed by atoms with Gasteiger partial charge in [-0.05, 0) is 51.2 Å². The molecule has 1 aromatic rings. The maximum Gasteiger partial charge on any atom is 0.253 e. The minimum Gasteiger partial charge on any atom is -0.383 e. The fourth-order valence-electron chi connectivity index (χ4n) is 4.11. The predicted molar refractivity (Wildman–Crippen MR) is 94.3 cm³/mol. The number of pyridine rings is 1. The second-order valence-electron chi connectivity index (χ2n) is 7.20. The molecule has 6 nitrogen and oxygen atoms in total. The van der Waals surface area contributed by atoms with Gasteiger partial charge in [-0.2, -0.15) is 0 Å². The Labute approximate surface area is 148 Å². The molecule has 2 amide bonds. The van der Waals surface area contributed by atoms with Gasteiger partial charge in [-0.1, -0.05) is 0 Å². The second kappa shape index (κ2) is 7.52. The Kier molecular flexibility index (Phi) is 5.37. The zero-order valence-corrected chi connectivity index (χ0v) is 15.1. The molecule has 1 aliphatic carbocycles. The summed E-state index contributed by atoms with van der Waals surface area (Å²) in [4.78, 5) is 30.8. The SMILES string of the molecule is COCCN1C(=O)CCC12CCC(NC(=O)c1ccc(C)nc1)CC2. The number of nitrogens with zero attached hydrogens (tertiary/aromatic N) is 2. The average molecular weight is 345 g/mol. The summed E-state index contributed by atoms with van der Waals surface area (Å²) in [6, 6.07) is 3.83. The van der Waals surface area contributed by atoms with Crippen LogP contribution < -0.4 is 5.32 Å². The van der Waals surface area contributed by atoms with Gasteiger partial charge in [0.25, 0.3) is 5.91 Å². The normalized spacial score (nSPS) is 26.2. The zero-order chi connectivity index (χ0) is 17.9. The van der Waals surface area contributed by atoms with Crippen molar-refractivity contribution in [1.29, 1.82) is 0 Å². The van der Waals surface area contributed by atoms with E-state index < -0.39 is 0 Å². The van der Waals surface area contributed by atoms with E-state index in [-0.39, 0.29) is 23.4 Å². The number of carbonyl (C=O) groups is 2. The Bertz CT molecular complexity index is 621. The average Bonchev–Trinajstić information content (AvgIpc) is 2.91. The third kappa shape index (κ3) is 3.84. The summed E-state index contributed by atoms with van der Waals surface area (Å²) in [5.74, 6) is 0.178. The minimum absolute atomic E-state index is 0.0255. The number of aromatic nitrogens is 1. The number of carbonyl (C=O) groups excluding carboxylic acids is 2. The standard InChI is InChI=1S/C19H27N3O3/c1-14-3-4-15(13-20-14)18(24)21-16-5-8-19(9-6-16)10-7-17(23)22(19)11-12-25-2/h3-4,13,16H,5-12H2,1-2H3,(H,21,24). The van der Waals surface area contributed by atoms with Gasteiger partial charge in [-0.25, -0.2) is 0 Å². The summed E-state index contributed by atoms with van der Waals surface area (Å²) in [7, 11) is 1.67. The van der Waals surface area contributed by atoms with Gasteiger partial charge in [-0.3, -0.25) is 14.6 Å². The first-order chi connectivity index (χ1) is 12.0. The van der Waals surface area contributed by atoms with Gasteiger partial charge >= 0.3 is 0 Å². The number of hydrogen-bond donors (Lipinski definition) is 1. The molecule has 3 rings (SSSR count).